The Bertz CT molecular complexity index is 1320. The van der Waals surface area contributed by atoms with E-state index in [1.54, 1.807) is 24.3 Å². The molecular formula is C21H15N3O4S. The van der Waals surface area contributed by atoms with Crippen molar-refractivity contribution in [1.82, 2.24) is 4.57 Å². The zero-order valence-corrected chi connectivity index (χ0v) is 15.9. The van der Waals surface area contributed by atoms with Gasteiger partial charge in [0.25, 0.3) is 11.5 Å². The minimum Gasteiger partial charge on any atom is -0.454 e. The van der Waals surface area contributed by atoms with E-state index in [-0.39, 0.29) is 29.1 Å². The fourth-order valence-electron chi connectivity index (χ4n) is 2.98. The molecule has 1 aliphatic heterocycles. The molecular weight excluding hydrogens is 390 g/mol. The number of hydrogen-bond acceptors (Lipinski definition) is 6. The Balaban J connectivity index is 1.92. The van der Waals surface area contributed by atoms with Crippen LogP contribution in [0.2, 0.25) is 0 Å². The molecule has 7 nitrogen and oxygen atoms in total. The van der Waals surface area contributed by atoms with Gasteiger partial charge in [-0.05, 0) is 29.3 Å². The van der Waals surface area contributed by atoms with Crippen molar-refractivity contribution in [2.45, 2.75) is 6.54 Å². The van der Waals surface area contributed by atoms with E-state index in [2.05, 4.69) is 0 Å². The second-order valence-corrected chi connectivity index (χ2v) is 7.29. The highest BCUT2D eigenvalue weighted by atomic mass is 32.1. The summed E-state index contributed by atoms with van der Waals surface area (Å²) in [5.74, 6) is 0.371. The molecule has 2 heterocycles. The molecule has 0 atom stereocenters. The van der Waals surface area contributed by atoms with Gasteiger partial charge in [0.05, 0.1) is 11.1 Å². The number of amides is 1. The smallest absolute Gasteiger partial charge is 0.269 e. The molecule has 1 amide bonds. The van der Waals surface area contributed by atoms with E-state index in [4.69, 9.17) is 15.2 Å². The van der Waals surface area contributed by atoms with Crippen LogP contribution in [0.15, 0.2) is 53.3 Å². The minimum absolute atomic E-state index is 0.158. The van der Waals surface area contributed by atoms with Gasteiger partial charge in [0.15, 0.2) is 17.1 Å². The molecule has 0 spiro atoms. The van der Waals surface area contributed by atoms with Crippen molar-refractivity contribution in [3.63, 3.8) is 0 Å². The number of hydrogen-bond donors (Lipinski definition) is 1. The summed E-state index contributed by atoms with van der Waals surface area (Å²) in [6.45, 7) is 0.379. The molecule has 3 aromatic rings. The lowest BCUT2D eigenvalue weighted by molar-refractivity contribution is -0.112. The van der Waals surface area contributed by atoms with Crippen LogP contribution >= 0.6 is 11.3 Å². The first kappa shape index (κ1) is 18.5. The lowest BCUT2D eigenvalue weighted by Crippen LogP contribution is -2.34. The van der Waals surface area contributed by atoms with Crippen LogP contribution in [0, 0.1) is 11.3 Å². The Morgan fingerprint density at radius 3 is 2.69 bits per heavy atom. The van der Waals surface area contributed by atoms with Crippen LogP contribution < -0.4 is 30.0 Å². The molecule has 144 valence electrons. The fraction of sp³-hybridized carbons (Fsp3) is 0.0952. The number of rotatable bonds is 4. The summed E-state index contributed by atoms with van der Waals surface area (Å²) in [6, 6.07) is 16.5. The number of nitrogens with zero attached hydrogens (tertiary/aromatic N) is 2. The van der Waals surface area contributed by atoms with Crippen molar-refractivity contribution in [2.75, 3.05) is 6.79 Å². The molecule has 2 aromatic carbocycles. The third-order valence-corrected chi connectivity index (χ3v) is 5.49. The molecule has 0 unspecified atom stereocenters. The van der Waals surface area contributed by atoms with Crippen LogP contribution in [0.5, 0.6) is 11.5 Å². The molecule has 4 rings (SSSR count). The predicted octanol–water partition coefficient (Wildman–Crippen LogP) is 0.675. The number of thiazole rings is 1. The van der Waals surface area contributed by atoms with Crippen LogP contribution in [0.3, 0.4) is 0 Å². The lowest BCUT2D eigenvalue weighted by Gasteiger charge is -2.03. The van der Waals surface area contributed by atoms with Crippen LogP contribution in [-0.4, -0.2) is 17.3 Å². The Hall–Kier alpha value is -3.83. The molecule has 0 saturated heterocycles. The molecule has 0 fully saturated rings. The summed E-state index contributed by atoms with van der Waals surface area (Å²) in [4.78, 5) is 24.8. The van der Waals surface area contributed by atoms with Gasteiger partial charge in [0.1, 0.15) is 10.7 Å². The number of fused-ring (bicyclic) bond motifs is 1. The highest BCUT2D eigenvalue weighted by molar-refractivity contribution is 7.07. The molecule has 1 aliphatic rings. The van der Waals surface area contributed by atoms with Gasteiger partial charge in [0.2, 0.25) is 6.79 Å². The first-order valence-electron chi connectivity index (χ1n) is 8.66. The Labute approximate surface area is 169 Å². The van der Waals surface area contributed by atoms with Crippen molar-refractivity contribution in [1.29, 1.82) is 5.26 Å². The number of nitrogens with two attached hydrogens (primary N) is 1. The maximum absolute atomic E-state index is 13.1. The number of aromatic nitrogens is 1. The largest absolute Gasteiger partial charge is 0.454 e. The topological polar surface area (TPSA) is 107 Å². The van der Waals surface area contributed by atoms with Crippen molar-refractivity contribution >= 4 is 28.9 Å². The summed E-state index contributed by atoms with van der Waals surface area (Å²) in [6.07, 6.45) is 1.69. The van der Waals surface area contributed by atoms with Gasteiger partial charge in [-0.15, -0.1) is 11.3 Å². The SMILES string of the molecule is N#C/C(C(N)=O)=c1/s/c(=C\c2ccc3c(c2)OCO3)c(=O)n1Cc1ccccc1. The van der Waals surface area contributed by atoms with E-state index >= 15 is 0 Å². The summed E-state index contributed by atoms with van der Waals surface area (Å²) >= 11 is 1.06. The van der Waals surface area contributed by atoms with Crippen molar-refractivity contribution in [3.8, 4) is 17.6 Å². The van der Waals surface area contributed by atoms with Gasteiger partial charge >= 0.3 is 0 Å². The predicted molar refractivity (Wildman–Crippen MR) is 108 cm³/mol. The number of carbonyl (C=O) groups excluding carboxylic acids is 1. The first-order chi connectivity index (χ1) is 14.1. The average Bonchev–Trinajstić information content (AvgIpc) is 3.29. The second kappa shape index (κ2) is 7.66. The third kappa shape index (κ3) is 3.63. The molecule has 8 heteroatoms. The Morgan fingerprint density at radius 1 is 1.21 bits per heavy atom. The van der Waals surface area contributed by atoms with Crippen molar-refractivity contribution < 1.29 is 14.3 Å². The molecule has 29 heavy (non-hydrogen) atoms. The third-order valence-electron chi connectivity index (χ3n) is 4.36. The number of carbonyl (C=O) groups is 1. The molecule has 0 radical (unpaired) electrons. The van der Waals surface area contributed by atoms with Gasteiger partial charge in [-0.3, -0.25) is 14.2 Å². The molecule has 0 aliphatic carbocycles. The van der Waals surface area contributed by atoms with Crippen LogP contribution in [0.4, 0.5) is 0 Å². The normalized spacial score (nSPS) is 13.8. The number of primary amides is 1. The molecule has 0 bridgehead atoms. The summed E-state index contributed by atoms with van der Waals surface area (Å²) in [5, 5.41) is 9.40. The molecule has 0 saturated carbocycles. The van der Waals surface area contributed by atoms with Gasteiger partial charge in [-0.1, -0.05) is 36.4 Å². The average molecular weight is 405 g/mol. The van der Waals surface area contributed by atoms with E-state index < -0.39 is 5.91 Å². The quantitative estimate of drug-likeness (QED) is 0.687. The van der Waals surface area contributed by atoms with Gasteiger partial charge in [-0.2, -0.15) is 5.26 Å². The monoisotopic (exact) mass is 405 g/mol. The fourth-order valence-corrected chi connectivity index (χ4v) is 4.08. The van der Waals surface area contributed by atoms with E-state index in [1.807, 2.05) is 36.4 Å². The number of nitriles is 1. The number of ether oxygens (including phenoxy) is 2. The van der Waals surface area contributed by atoms with E-state index in [0.717, 1.165) is 22.5 Å². The Kier molecular flexibility index (Phi) is 4.89. The standard InChI is InChI=1S/C21H15N3O4S/c22-10-15(19(23)25)21-24(11-13-4-2-1-3-5-13)20(26)18(29-21)9-14-6-7-16-17(8-14)28-12-27-16/h1-9H,11-12H2,(H2,23,25)/b18-9-,21-15-. The van der Waals surface area contributed by atoms with E-state index in [9.17, 15) is 14.9 Å². The van der Waals surface area contributed by atoms with Crippen LogP contribution in [0.25, 0.3) is 11.6 Å². The molecule has 2 N–H and O–H groups in total. The highest BCUT2D eigenvalue weighted by Crippen LogP contribution is 2.32. The Morgan fingerprint density at radius 2 is 1.97 bits per heavy atom. The van der Waals surface area contributed by atoms with Gasteiger partial charge < -0.3 is 15.2 Å². The van der Waals surface area contributed by atoms with Gasteiger partial charge in [0, 0.05) is 0 Å². The summed E-state index contributed by atoms with van der Waals surface area (Å²) in [7, 11) is 0. The zero-order valence-electron chi connectivity index (χ0n) is 15.1. The maximum atomic E-state index is 13.1. The maximum Gasteiger partial charge on any atom is 0.269 e. The van der Waals surface area contributed by atoms with E-state index in [1.165, 1.54) is 4.57 Å². The summed E-state index contributed by atoms with van der Waals surface area (Å²) < 4.78 is 12.7. The minimum atomic E-state index is -0.870. The van der Waals surface area contributed by atoms with Crippen molar-refractivity contribution in [3.05, 3.63) is 79.2 Å². The second-order valence-electron chi connectivity index (χ2n) is 6.26. The first-order valence-corrected chi connectivity index (χ1v) is 9.47. The lowest BCUT2D eigenvalue weighted by atomic mass is 10.2. The van der Waals surface area contributed by atoms with Crippen molar-refractivity contribution in [2.24, 2.45) is 5.73 Å². The van der Waals surface area contributed by atoms with Gasteiger partial charge in [-0.25, -0.2) is 0 Å². The zero-order chi connectivity index (χ0) is 20.4. The molecule has 1 aromatic heterocycles. The summed E-state index contributed by atoms with van der Waals surface area (Å²) in [5.41, 5.74) is 6.42. The van der Waals surface area contributed by atoms with Crippen LogP contribution in [0.1, 0.15) is 11.1 Å². The number of benzene rings is 2. The highest BCUT2D eigenvalue weighted by Gasteiger charge is 2.15. The van der Waals surface area contributed by atoms with Crippen LogP contribution in [-0.2, 0) is 11.3 Å². The van der Waals surface area contributed by atoms with E-state index in [0.29, 0.717) is 16.0 Å².